The Bertz CT molecular complexity index is 1180. The maximum absolute atomic E-state index is 13.6. The number of nitrogens with one attached hydrogen (secondary N) is 2. The number of halogens is 1. The van der Waals surface area contributed by atoms with Gasteiger partial charge in [-0.1, -0.05) is 24.3 Å². The molecule has 0 aliphatic carbocycles. The van der Waals surface area contributed by atoms with Crippen LogP contribution in [0.15, 0.2) is 64.2 Å². The van der Waals surface area contributed by atoms with Crippen LogP contribution in [-0.2, 0) is 19.6 Å². The number of para-hydroxylation sites is 1. The van der Waals surface area contributed by atoms with Crippen LogP contribution in [0, 0.1) is 12.7 Å². The number of benzene rings is 2. The van der Waals surface area contributed by atoms with Gasteiger partial charge in [0.2, 0.25) is 0 Å². The normalized spacial score (nSPS) is 11.0. The number of hydrogen-bond donors (Lipinski definition) is 2. The first kappa shape index (κ1) is 21.5. The highest BCUT2D eigenvalue weighted by atomic mass is 32.2. The molecular formula is C20H17FN2O5S2. The molecule has 3 rings (SSSR count). The van der Waals surface area contributed by atoms with Crippen molar-refractivity contribution in [2.45, 2.75) is 11.1 Å². The molecule has 0 radical (unpaired) electrons. The zero-order chi connectivity index (χ0) is 21.7. The molecule has 2 aromatic carbocycles. The first-order chi connectivity index (χ1) is 14.3. The van der Waals surface area contributed by atoms with E-state index in [1.165, 1.54) is 36.4 Å². The number of ether oxygens (including phenoxy) is 1. The minimum atomic E-state index is -3.86. The molecule has 0 spiro atoms. The molecule has 0 saturated heterocycles. The van der Waals surface area contributed by atoms with E-state index in [1.807, 2.05) is 0 Å². The van der Waals surface area contributed by atoms with Crippen molar-refractivity contribution in [1.82, 2.24) is 0 Å². The zero-order valence-corrected chi connectivity index (χ0v) is 17.3. The van der Waals surface area contributed by atoms with Crippen molar-refractivity contribution in [1.29, 1.82) is 0 Å². The second-order valence-electron chi connectivity index (χ2n) is 6.17. The van der Waals surface area contributed by atoms with Crippen LogP contribution in [0.5, 0.6) is 0 Å². The molecule has 156 valence electrons. The molecule has 0 aliphatic heterocycles. The third-order valence-corrected chi connectivity index (χ3v) is 6.70. The van der Waals surface area contributed by atoms with E-state index in [0.717, 1.165) is 17.4 Å². The summed E-state index contributed by atoms with van der Waals surface area (Å²) < 4.78 is 45.8. The van der Waals surface area contributed by atoms with Crippen LogP contribution in [0.2, 0.25) is 0 Å². The standard InChI is InChI=1S/C20H17FN2O5S2/c1-13-8-9-14(11-16(13)21)22-18(24)12-28-20(25)15-5-2-3-6-17(15)23-30(26,27)19-7-4-10-29-19/h2-11,23H,12H2,1H3,(H,22,24). The second-order valence-corrected chi connectivity index (χ2v) is 9.03. The van der Waals surface area contributed by atoms with Crippen LogP contribution in [0.4, 0.5) is 15.8 Å². The average molecular weight is 448 g/mol. The van der Waals surface area contributed by atoms with Gasteiger partial charge in [0.1, 0.15) is 10.0 Å². The highest BCUT2D eigenvalue weighted by Gasteiger charge is 2.20. The van der Waals surface area contributed by atoms with Gasteiger partial charge in [-0.25, -0.2) is 17.6 Å². The largest absolute Gasteiger partial charge is 0.452 e. The Kier molecular flexibility index (Phi) is 6.48. The quantitative estimate of drug-likeness (QED) is 0.536. The third kappa shape index (κ3) is 5.22. The fraction of sp³-hybridized carbons (Fsp3) is 0.100. The molecule has 10 heteroatoms. The van der Waals surface area contributed by atoms with E-state index in [1.54, 1.807) is 24.4 Å². The molecule has 0 aliphatic rings. The number of anilines is 2. The Morgan fingerprint density at radius 3 is 2.57 bits per heavy atom. The van der Waals surface area contributed by atoms with E-state index < -0.39 is 34.3 Å². The lowest BCUT2D eigenvalue weighted by molar-refractivity contribution is -0.119. The Morgan fingerprint density at radius 2 is 1.87 bits per heavy atom. The minimum absolute atomic E-state index is 0.0249. The summed E-state index contributed by atoms with van der Waals surface area (Å²) in [5.41, 5.74) is 0.632. The van der Waals surface area contributed by atoms with E-state index in [-0.39, 0.29) is 21.1 Å². The van der Waals surface area contributed by atoms with Gasteiger partial charge < -0.3 is 10.1 Å². The molecule has 0 bridgehead atoms. The first-order valence-corrected chi connectivity index (χ1v) is 11.0. The summed E-state index contributed by atoms with van der Waals surface area (Å²) in [4.78, 5) is 24.4. The Morgan fingerprint density at radius 1 is 1.10 bits per heavy atom. The Balaban J connectivity index is 1.66. The predicted octanol–water partition coefficient (Wildman–Crippen LogP) is 3.79. The molecule has 2 N–H and O–H groups in total. The molecule has 1 heterocycles. The van der Waals surface area contributed by atoms with Gasteiger partial charge in [0.05, 0.1) is 11.3 Å². The summed E-state index contributed by atoms with van der Waals surface area (Å²) in [5, 5.41) is 4.04. The summed E-state index contributed by atoms with van der Waals surface area (Å²) in [6.45, 7) is 0.965. The van der Waals surface area contributed by atoms with E-state index in [9.17, 15) is 22.4 Å². The second kappa shape index (κ2) is 9.06. The van der Waals surface area contributed by atoms with Gasteiger partial charge in [-0.15, -0.1) is 11.3 Å². The van der Waals surface area contributed by atoms with Gasteiger partial charge in [-0.05, 0) is 48.2 Å². The zero-order valence-electron chi connectivity index (χ0n) is 15.7. The maximum Gasteiger partial charge on any atom is 0.340 e. The number of carbonyl (C=O) groups excluding carboxylic acids is 2. The SMILES string of the molecule is Cc1ccc(NC(=O)COC(=O)c2ccccc2NS(=O)(=O)c2cccs2)cc1F. The Hall–Kier alpha value is -3.24. The number of sulfonamides is 1. The number of aryl methyl sites for hydroxylation is 1. The molecule has 30 heavy (non-hydrogen) atoms. The molecule has 1 aromatic heterocycles. The molecular weight excluding hydrogens is 431 g/mol. The third-order valence-electron chi connectivity index (χ3n) is 3.94. The van der Waals surface area contributed by atoms with Crippen LogP contribution < -0.4 is 10.0 Å². The van der Waals surface area contributed by atoms with Gasteiger partial charge in [-0.3, -0.25) is 9.52 Å². The number of thiophene rings is 1. The molecule has 0 fully saturated rings. The van der Waals surface area contributed by atoms with Gasteiger partial charge in [0.25, 0.3) is 15.9 Å². The van der Waals surface area contributed by atoms with Crippen LogP contribution in [0.25, 0.3) is 0 Å². The fourth-order valence-electron chi connectivity index (χ4n) is 2.44. The highest BCUT2D eigenvalue weighted by molar-refractivity contribution is 7.94. The van der Waals surface area contributed by atoms with Gasteiger partial charge in [0, 0.05) is 5.69 Å². The lowest BCUT2D eigenvalue weighted by Crippen LogP contribution is -2.22. The maximum atomic E-state index is 13.6. The van der Waals surface area contributed by atoms with E-state index >= 15 is 0 Å². The minimum Gasteiger partial charge on any atom is -0.452 e. The van der Waals surface area contributed by atoms with E-state index in [4.69, 9.17) is 4.74 Å². The summed E-state index contributed by atoms with van der Waals surface area (Å²) in [6.07, 6.45) is 0. The van der Waals surface area contributed by atoms with Crippen molar-refractivity contribution in [3.8, 4) is 0 Å². The van der Waals surface area contributed by atoms with Crippen LogP contribution >= 0.6 is 11.3 Å². The molecule has 7 nitrogen and oxygen atoms in total. The van der Waals surface area contributed by atoms with Crippen LogP contribution in [0.1, 0.15) is 15.9 Å². The fourth-order valence-corrected chi connectivity index (χ4v) is 4.51. The summed E-state index contributed by atoms with van der Waals surface area (Å²) in [5.74, 6) is -2.02. The topological polar surface area (TPSA) is 102 Å². The molecule has 3 aromatic rings. The number of rotatable bonds is 7. The predicted molar refractivity (Wildman–Crippen MR) is 112 cm³/mol. The smallest absolute Gasteiger partial charge is 0.340 e. The lowest BCUT2D eigenvalue weighted by Gasteiger charge is -2.12. The Labute approximate surface area is 176 Å². The highest BCUT2D eigenvalue weighted by Crippen LogP contribution is 2.23. The summed E-state index contributed by atoms with van der Waals surface area (Å²) in [6, 6.07) is 13.1. The van der Waals surface area contributed by atoms with Crippen molar-refractivity contribution in [2.24, 2.45) is 0 Å². The number of esters is 1. The first-order valence-electron chi connectivity index (χ1n) is 8.65. The van der Waals surface area contributed by atoms with E-state index in [2.05, 4.69) is 10.0 Å². The average Bonchev–Trinajstić information content (AvgIpc) is 3.25. The van der Waals surface area contributed by atoms with Crippen molar-refractivity contribution in [3.63, 3.8) is 0 Å². The van der Waals surface area contributed by atoms with Gasteiger partial charge >= 0.3 is 5.97 Å². The van der Waals surface area contributed by atoms with Crippen LogP contribution in [0.3, 0.4) is 0 Å². The van der Waals surface area contributed by atoms with Crippen molar-refractivity contribution in [2.75, 3.05) is 16.6 Å². The molecule has 0 unspecified atom stereocenters. The number of carbonyl (C=O) groups is 2. The van der Waals surface area contributed by atoms with Crippen molar-refractivity contribution < 1.29 is 27.1 Å². The summed E-state index contributed by atoms with van der Waals surface area (Å²) >= 11 is 1.03. The molecule has 1 amide bonds. The van der Waals surface area contributed by atoms with Gasteiger partial charge in [0.15, 0.2) is 6.61 Å². The van der Waals surface area contributed by atoms with Crippen molar-refractivity contribution >= 4 is 44.6 Å². The van der Waals surface area contributed by atoms with Crippen LogP contribution in [-0.4, -0.2) is 26.9 Å². The number of hydrogen-bond acceptors (Lipinski definition) is 6. The lowest BCUT2D eigenvalue weighted by atomic mass is 10.2. The molecule has 0 atom stereocenters. The van der Waals surface area contributed by atoms with E-state index in [0.29, 0.717) is 5.56 Å². The summed E-state index contributed by atoms with van der Waals surface area (Å²) in [7, 11) is -3.86. The van der Waals surface area contributed by atoms with Crippen molar-refractivity contribution in [3.05, 3.63) is 76.9 Å². The monoisotopic (exact) mass is 448 g/mol. The molecule has 0 saturated carbocycles. The van der Waals surface area contributed by atoms with Gasteiger partial charge in [-0.2, -0.15) is 0 Å². The number of amides is 1.